The molecule has 0 unspecified atom stereocenters. The second kappa shape index (κ2) is 11.4. The monoisotopic (exact) mass is 578 g/mol. The number of hydrogen-bond donors (Lipinski definition) is 2. The summed E-state index contributed by atoms with van der Waals surface area (Å²) in [5.41, 5.74) is 4.08. The van der Waals surface area contributed by atoms with Gasteiger partial charge in [-0.15, -0.1) is 11.3 Å². The number of carbonyl (C=O) groups is 1. The molecule has 4 heterocycles. The predicted molar refractivity (Wildman–Crippen MR) is 165 cm³/mol. The van der Waals surface area contributed by atoms with Crippen molar-refractivity contribution in [3.63, 3.8) is 0 Å². The van der Waals surface area contributed by atoms with Gasteiger partial charge in [0, 0.05) is 53.6 Å². The predicted octanol–water partition coefficient (Wildman–Crippen LogP) is 8.46. The Balaban J connectivity index is 1.18. The Morgan fingerprint density at radius 2 is 1.76 bits per heavy atom. The average molecular weight is 579 g/mol. The number of nitrogens with one attached hydrogen (secondary N) is 2. The lowest BCUT2D eigenvalue weighted by molar-refractivity contribution is 0.262. The van der Waals surface area contributed by atoms with Gasteiger partial charge in [-0.25, -0.2) is 9.18 Å². The van der Waals surface area contributed by atoms with Crippen LogP contribution in [-0.2, 0) is 7.05 Å². The Morgan fingerprint density at radius 3 is 2.55 bits per heavy atom. The Hall–Kier alpha value is -5.09. The molecule has 0 radical (unpaired) electrons. The molecule has 0 saturated heterocycles. The first-order chi connectivity index (χ1) is 20.3. The summed E-state index contributed by atoms with van der Waals surface area (Å²) in [6, 6.07) is 19.1. The minimum atomic E-state index is -0.625. The molecule has 0 bridgehead atoms. The molecule has 0 aliphatic carbocycles. The zero-order chi connectivity index (χ0) is 29.2. The highest BCUT2D eigenvalue weighted by Crippen LogP contribution is 2.40. The van der Waals surface area contributed by atoms with E-state index >= 15 is 4.39 Å². The molecule has 210 valence electrons. The molecule has 2 N–H and O–H groups in total. The van der Waals surface area contributed by atoms with Crippen molar-refractivity contribution in [2.24, 2.45) is 7.05 Å². The standard InChI is InChI=1S/C32H27FN6O2S/c1-19(2)30-16-29(31(42-30)21-6-8-26-20(13-21)5-4-11-34-26)38-32(40)37-27-9-7-23(14-25(27)33)41-24-10-12-35-28(15-24)22-17-36-39(3)18-22/h4-19H,1-3H3,(H2,37,38,40). The van der Waals surface area contributed by atoms with Gasteiger partial charge in [0.2, 0.25) is 0 Å². The van der Waals surface area contributed by atoms with Crippen LogP contribution in [0.25, 0.3) is 32.6 Å². The van der Waals surface area contributed by atoms with Crippen LogP contribution in [0.3, 0.4) is 0 Å². The molecule has 2 amide bonds. The molecular weight excluding hydrogens is 551 g/mol. The van der Waals surface area contributed by atoms with Gasteiger partial charge in [0.1, 0.15) is 17.3 Å². The van der Waals surface area contributed by atoms with E-state index in [4.69, 9.17) is 4.74 Å². The largest absolute Gasteiger partial charge is 0.457 e. The van der Waals surface area contributed by atoms with Crippen molar-refractivity contribution in [1.29, 1.82) is 0 Å². The SMILES string of the molecule is CC(C)c1cc(NC(=O)Nc2ccc(Oc3ccnc(-c4cnn(C)c4)c3)cc2F)c(-c2ccc3ncccc3c2)s1. The number of nitrogens with zero attached hydrogens (tertiary/aromatic N) is 4. The highest BCUT2D eigenvalue weighted by atomic mass is 32.1. The molecule has 0 aliphatic rings. The van der Waals surface area contributed by atoms with Gasteiger partial charge in [0.25, 0.3) is 0 Å². The van der Waals surface area contributed by atoms with Crippen LogP contribution in [0.2, 0.25) is 0 Å². The highest BCUT2D eigenvalue weighted by Gasteiger charge is 2.17. The minimum absolute atomic E-state index is 0.0308. The maximum atomic E-state index is 15.1. The molecule has 6 aromatic rings. The molecule has 0 atom stereocenters. The number of halogens is 1. The summed E-state index contributed by atoms with van der Waals surface area (Å²) in [6.45, 7) is 4.21. The molecule has 0 fully saturated rings. The van der Waals surface area contributed by atoms with E-state index in [0.29, 0.717) is 17.1 Å². The number of thiophene rings is 1. The number of pyridine rings is 2. The fraction of sp³-hybridized carbons (Fsp3) is 0.125. The number of anilines is 2. The van der Waals surface area contributed by atoms with Crippen LogP contribution < -0.4 is 15.4 Å². The number of aromatic nitrogens is 4. The van der Waals surface area contributed by atoms with Gasteiger partial charge in [-0.05, 0) is 53.9 Å². The van der Waals surface area contributed by atoms with E-state index in [2.05, 4.69) is 45.6 Å². The zero-order valence-electron chi connectivity index (χ0n) is 23.1. The van der Waals surface area contributed by atoms with Crippen LogP contribution in [0.1, 0.15) is 24.6 Å². The normalized spacial score (nSPS) is 11.2. The number of urea groups is 1. The molecule has 6 rings (SSSR count). The fourth-order valence-corrected chi connectivity index (χ4v) is 5.59. The van der Waals surface area contributed by atoms with Crippen LogP contribution in [0.15, 0.2) is 91.5 Å². The van der Waals surface area contributed by atoms with Crippen molar-refractivity contribution in [3.05, 3.63) is 102 Å². The van der Waals surface area contributed by atoms with Gasteiger partial charge < -0.3 is 15.4 Å². The number of carbonyl (C=O) groups excluding carboxylic acids is 1. The summed E-state index contributed by atoms with van der Waals surface area (Å²) in [5.74, 6) is 0.436. The lowest BCUT2D eigenvalue weighted by Gasteiger charge is -2.11. The van der Waals surface area contributed by atoms with Crippen LogP contribution in [-0.4, -0.2) is 25.8 Å². The van der Waals surface area contributed by atoms with Gasteiger partial charge in [0.15, 0.2) is 0 Å². The van der Waals surface area contributed by atoms with E-state index in [0.717, 1.165) is 31.8 Å². The van der Waals surface area contributed by atoms with Crippen molar-refractivity contribution in [2.45, 2.75) is 19.8 Å². The van der Waals surface area contributed by atoms with Gasteiger partial charge >= 0.3 is 6.03 Å². The number of fused-ring (bicyclic) bond motifs is 1. The fourth-order valence-electron chi connectivity index (χ4n) is 4.48. The molecule has 0 spiro atoms. The summed E-state index contributed by atoms with van der Waals surface area (Å²) >= 11 is 1.62. The van der Waals surface area contributed by atoms with Crippen molar-refractivity contribution in [2.75, 3.05) is 10.6 Å². The zero-order valence-corrected chi connectivity index (χ0v) is 23.9. The second-order valence-electron chi connectivity index (χ2n) is 10.1. The second-order valence-corrected chi connectivity index (χ2v) is 11.1. The Labute approximate surface area is 245 Å². The summed E-state index contributed by atoms with van der Waals surface area (Å²) in [4.78, 5) is 23.8. The summed E-state index contributed by atoms with van der Waals surface area (Å²) in [7, 11) is 1.83. The van der Waals surface area contributed by atoms with E-state index in [-0.39, 0.29) is 17.4 Å². The molecule has 2 aromatic carbocycles. The first-order valence-corrected chi connectivity index (χ1v) is 14.1. The molecule has 10 heteroatoms. The van der Waals surface area contributed by atoms with Gasteiger partial charge in [-0.3, -0.25) is 14.6 Å². The van der Waals surface area contributed by atoms with E-state index in [9.17, 15) is 4.79 Å². The van der Waals surface area contributed by atoms with Gasteiger partial charge in [-0.2, -0.15) is 5.10 Å². The number of rotatable bonds is 7. The smallest absolute Gasteiger partial charge is 0.323 e. The molecular formula is C32H27FN6O2S. The van der Waals surface area contributed by atoms with Crippen molar-refractivity contribution < 1.29 is 13.9 Å². The van der Waals surface area contributed by atoms with Crippen LogP contribution in [0, 0.1) is 5.82 Å². The maximum absolute atomic E-state index is 15.1. The van der Waals surface area contributed by atoms with Gasteiger partial charge in [-0.1, -0.05) is 26.0 Å². The molecule has 4 aromatic heterocycles. The van der Waals surface area contributed by atoms with E-state index in [1.807, 2.05) is 43.6 Å². The number of hydrogen-bond acceptors (Lipinski definition) is 6. The summed E-state index contributed by atoms with van der Waals surface area (Å²) in [6.07, 6.45) is 6.93. The summed E-state index contributed by atoms with van der Waals surface area (Å²) in [5, 5.41) is 10.7. The van der Waals surface area contributed by atoms with Crippen LogP contribution >= 0.6 is 11.3 Å². The number of amides is 2. The molecule has 8 nitrogen and oxygen atoms in total. The Morgan fingerprint density at radius 1 is 0.929 bits per heavy atom. The average Bonchev–Trinajstić information content (AvgIpc) is 3.61. The lowest BCUT2D eigenvalue weighted by atomic mass is 10.1. The Bertz CT molecular complexity index is 1910. The maximum Gasteiger partial charge on any atom is 0.323 e. The third-order valence-corrected chi connectivity index (χ3v) is 8.07. The lowest BCUT2D eigenvalue weighted by Crippen LogP contribution is -2.20. The van der Waals surface area contributed by atoms with E-state index < -0.39 is 11.8 Å². The van der Waals surface area contributed by atoms with Gasteiger partial charge in [0.05, 0.1) is 33.7 Å². The van der Waals surface area contributed by atoms with Crippen molar-refractivity contribution in [3.8, 4) is 33.2 Å². The first kappa shape index (κ1) is 27.1. The number of ether oxygens (including phenoxy) is 1. The van der Waals surface area contributed by atoms with Crippen LogP contribution in [0.4, 0.5) is 20.6 Å². The van der Waals surface area contributed by atoms with Crippen molar-refractivity contribution >= 4 is 39.6 Å². The van der Waals surface area contributed by atoms with E-state index in [1.54, 1.807) is 52.8 Å². The summed E-state index contributed by atoms with van der Waals surface area (Å²) < 4.78 is 22.6. The van der Waals surface area contributed by atoms with Crippen LogP contribution in [0.5, 0.6) is 11.5 Å². The quantitative estimate of drug-likeness (QED) is 0.198. The third kappa shape index (κ3) is 5.84. The van der Waals surface area contributed by atoms with Crippen molar-refractivity contribution in [1.82, 2.24) is 19.7 Å². The Kier molecular flexibility index (Phi) is 7.37. The minimum Gasteiger partial charge on any atom is -0.457 e. The first-order valence-electron chi connectivity index (χ1n) is 13.3. The highest BCUT2D eigenvalue weighted by molar-refractivity contribution is 7.16. The topological polar surface area (TPSA) is 94.0 Å². The number of benzene rings is 2. The molecule has 42 heavy (non-hydrogen) atoms. The van der Waals surface area contributed by atoms with E-state index in [1.165, 1.54) is 12.1 Å². The molecule has 0 saturated carbocycles. The number of aryl methyl sites for hydroxylation is 1. The third-order valence-electron chi connectivity index (χ3n) is 6.59. The molecule has 0 aliphatic heterocycles.